The zero-order chi connectivity index (χ0) is 21.0. The zero-order valence-electron chi connectivity index (χ0n) is 16.4. The molecule has 2 aliphatic rings. The van der Waals surface area contributed by atoms with Crippen molar-refractivity contribution in [2.24, 2.45) is 0 Å². The van der Waals surface area contributed by atoms with E-state index in [0.717, 1.165) is 5.56 Å². The fourth-order valence-corrected chi connectivity index (χ4v) is 6.55. The maximum Gasteiger partial charge on any atom is 0.269 e. The molecule has 0 fully saturated rings. The summed E-state index contributed by atoms with van der Waals surface area (Å²) < 4.78 is 28.8. The molecule has 0 unspecified atom stereocenters. The molecule has 0 saturated carbocycles. The summed E-state index contributed by atoms with van der Waals surface area (Å²) in [6.45, 7) is 2.37. The molecule has 0 amide bonds. The van der Waals surface area contributed by atoms with Crippen molar-refractivity contribution in [3.63, 3.8) is 0 Å². The van der Waals surface area contributed by atoms with Crippen LogP contribution in [0.15, 0.2) is 71.6 Å². The summed E-state index contributed by atoms with van der Waals surface area (Å²) in [6.07, 6.45) is 0.655. The van der Waals surface area contributed by atoms with Crippen LogP contribution in [0.2, 0.25) is 0 Å². The maximum absolute atomic E-state index is 13.6. The van der Waals surface area contributed by atoms with Gasteiger partial charge in [0.1, 0.15) is 0 Å². The first-order chi connectivity index (χ1) is 14.4. The predicted molar refractivity (Wildman–Crippen MR) is 113 cm³/mol. The van der Waals surface area contributed by atoms with Crippen LogP contribution in [0.25, 0.3) is 0 Å². The molecule has 7 heteroatoms. The molecule has 2 atom stereocenters. The Bertz CT molecular complexity index is 1270. The number of benzene rings is 3. The van der Waals surface area contributed by atoms with Gasteiger partial charge in [0.25, 0.3) is 5.69 Å². The maximum atomic E-state index is 13.6. The minimum absolute atomic E-state index is 0.0148. The smallest absolute Gasteiger partial charge is 0.258 e. The Morgan fingerprint density at radius 2 is 1.67 bits per heavy atom. The number of hydrogen-bond donors (Lipinski definition) is 0. The lowest BCUT2D eigenvalue weighted by Gasteiger charge is -2.38. The molecule has 0 aromatic heterocycles. The molecule has 30 heavy (non-hydrogen) atoms. The first-order valence-electron chi connectivity index (χ1n) is 9.80. The third kappa shape index (κ3) is 2.77. The second-order valence-corrected chi connectivity index (χ2v) is 9.79. The number of fused-ring (bicyclic) bond motifs is 5. The highest BCUT2D eigenvalue weighted by atomic mass is 32.2. The summed E-state index contributed by atoms with van der Waals surface area (Å²) >= 11 is 0. The van der Waals surface area contributed by atoms with Crippen LogP contribution in [0, 0.1) is 17.0 Å². The van der Waals surface area contributed by atoms with Crippen LogP contribution in [0.5, 0.6) is 0 Å². The monoisotopic (exact) mass is 420 g/mol. The van der Waals surface area contributed by atoms with Gasteiger partial charge in [-0.15, -0.1) is 0 Å². The molecule has 0 spiro atoms. The lowest BCUT2D eigenvalue weighted by atomic mass is 9.82. The number of nitrogens with zero attached hydrogens (tertiary/aromatic N) is 2. The van der Waals surface area contributed by atoms with Crippen molar-refractivity contribution < 1.29 is 13.3 Å². The first-order valence-corrected chi connectivity index (χ1v) is 11.2. The molecule has 5 rings (SSSR count). The van der Waals surface area contributed by atoms with Gasteiger partial charge in [0, 0.05) is 30.6 Å². The highest BCUT2D eigenvalue weighted by molar-refractivity contribution is 7.89. The van der Waals surface area contributed by atoms with E-state index in [1.165, 1.54) is 46.5 Å². The van der Waals surface area contributed by atoms with E-state index in [-0.39, 0.29) is 22.5 Å². The van der Waals surface area contributed by atoms with E-state index < -0.39 is 14.9 Å². The highest BCUT2D eigenvalue weighted by Gasteiger charge is 2.46. The van der Waals surface area contributed by atoms with Gasteiger partial charge in [-0.1, -0.05) is 42.5 Å². The summed E-state index contributed by atoms with van der Waals surface area (Å²) in [4.78, 5) is 10.5. The second kappa shape index (κ2) is 6.75. The van der Waals surface area contributed by atoms with Crippen molar-refractivity contribution in [1.82, 2.24) is 4.31 Å². The number of hydrogen-bond acceptors (Lipinski definition) is 4. The Balaban J connectivity index is 1.64. The van der Waals surface area contributed by atoms with Crippen molar-refractivity contribution in [2.45, 2.75) is 36.7 Å². The second-order valence-electron chi connectivity index (χ2n) is 7.90. The minimum atomic E-state index is -3.82. The van der Waals surface area contributed by atoms with Crippen LogP contribution in [-0.2, 0) is 23.0 Å². The third-order valence-corrected chi connectivity index (χ3v) is 8.16. The Labute approximate surface area is 175 Å². The topological polar surface area (TPSA) is 80.5 Å². The zero-order valence-corrected chi connectivity index (χ0v) is 17.2. The number of nitro benzene ring substituents is 1. The fraction of sp³-hybridized carbons (Fsp3) is 0.217. The van der Waals surface area contributed by atoms with Gasteiger partial charge in [0.2, 0.25) is 10.0 Å². The molecule has 1 aliphatic heterocycles. The lowest BCUT2D eigenvalue weighted by Crippen LogP contribution is -2.45. The van der Waals surface area contributed by atoms with Crippen molar-refractivity contribution in [2.75, 3.05) is 0 Å². The lowest BCUT2D eigenvalue weighted by molar-refractivity contribution is -0.384. The van der Waals surface area contributed by atoms with Crippen LogP contribution in [0.4, 0.5) is 5.69 Å². The Morgan fingerprint density at radius 1 is 0.967 bits per heavy atom. The molecule has 3 aromatic carbocycles. The number of nitro groups is 1. The average Bonchev–Trinajstić information content (AvgIpc) is 3.14. The first kappa shape index (κ1) is 19.0. The number of rotatable bonds is 3. The molecule has 152 valence electrons. The van der Waals surface area contributed by atoms with Crippen LogP contribution < -0.4 is 0 Å². The molecule has 0 bridgehead atoms. The van der Waals surface area contributed by atoms with E-state index in [1.807, 2.05) is 24.3 Å². The fourth-order valence-electron chi connectivity index (χ4n) is 4.94. The molecule has 3 aromatic rings. The van der Waals surface area contributed by atoms with Gasteiger partial charge in [-0.3, -0.25) is 10.1 Å². The summed E-state index contributed by atoms with van der Waals surface area (Å²) in [5.74, 6) is -0.0148. The van der Waals surface area contributed by atoms with E-state index in [0.29, 0.717) is 13.0 Å². The van der Waals surface area contributed by atoms with Crippen molar-refractivity contribution in [3.8, 4) is 0 Å². The van der Waals surface area contributed by atoms with Gasteiger partial charge in [0.15, 0.2) is 0 Å². The Kier molecular flexibility index (Phi) is 4.27. The molecule has 0 radical (unpaired) electrons. The van der Waals surface area contributed by atoms with Gasteiger partial charge >= 0.3 is 0 Å². The SMILES string of the molecule is Cc1cccc2c1[C@H]1c3ccccc3CN(S(=O)(=O)c3ccc([N+](=O)[O-])cc3)[C@H]1C2. The summed E-state index contributed by atoms with van der Waals surface area (Å²) in [5, 5.41) is 11.0. The normalized spacial score (nSPS) is 20.3. The Morgan fingerprint density at radius 3 is 2.40 bits per heavy atom. The third-order valence-electron chi connectivity index (χ3n) is 6.28. The molecular weight excluding hydrogens is 400 g/mol. The Hall–Kier alpha value is -3.03. The van der Waals surface area contributed by atoms with E-state index in [9.17, 15) is 18.5 Å². The molecule has 1 heterocycles. The highest BCUT2D eigenvalue weighted by Crippen LogP contribution is 2.48. The largest absolute Gasteiger partial charge is 0.269 e. The molecule has 1 aliphatic carbocycles. The molecule has 0 saturated heterocycles. The minimum Gasteiger partial charge on any atom is -0.258 e. The van der Waals surface area contributed by atoms with Crippen molar-refractivity contribution in [3.05, 3.63) is 105 Å². The average molecular weight is 420 g/mol. The predicted octanol–water partition coefficient (Wildman–Crippen LogP) is 4.16. The van der Waals surface area contributed by atoms with Gasteiger partial charge in [0.05, 0.1) is 9.82 Å². The van der Waals surface area contributed by atoms with Crippen molar-refractivity contribution in [1.29, 1.82) is 0 Å². The number of sulfonamides is 1. The summed E-state index contributed by atoms with van der Waals surface area (Å²) in [7, 11) is -3.82. The van der Waals surface area contributed by atoms with Gasteiger partial charge in [-0.2, -0.15) is 4.31 Å². The summed E-state index contributed by atoms with van der Waals surface area (Å²) in [6, 6.07) is 19.1. The van der Waals surface area contributed by atoms with Crippen LogP contribution >= 0.6 is 0 Å². The molecule has 6 nitrogen and oxygen atoms in total. The number of aryl methyl sites for hydroxylation is 1. The van der Waals surface area contributed by atoms with Gasteiger partial charge < -0.3 is 0 Å². The molecule has 0 N–H and O–H groups in total. The van der Waals surface area contributed by atoms with E-state index in [4.69, 9.17) is 0 Å². The van der Waals surface area contributed by atoms with E-state index in [2.05, 4.69) is 25.1 Å². The van der Waals surface area contributed by atoms with Gasteiger partial charge in [-0.25, -0.2) is 8.42 Å². The van der Waals surface area contributed by atoms with E-state index in [1.54, 1.807) is 4.31 Å². The summed E-state index contributed by atoms with van der Waals surface area (Å²) in [5.41, 5.74) is 5.64. The quantitative estimate of drug-likeness (QED) is 0.471. The van der Waals surface area contributed by atoms with Crippen LogP contribution in [-0.4, -0.2) is 23.7 Å². The molecular formula is C23H20N2O4S. The van der Waals surface area contributed by atoms with Crippen LogP contribution in [0.1, 0.15) is 33.7 Å². The standard InChI is InChI=1S/C23H20N2O4S/c1-15-5-4-7-16-13-21-23(22(15)16)20-8-3-2-6-17(20)14-24(21)30(28,29)19-11-9-18(10-12-19)25(26)27/h2-12,21,23H,13-14H2,1H3/t21-,23-/m0/s1. The van der Waals surface area contributed by atoms with Crippen molar-refractivity contribution >= 4 is 15.7 Å². The van der Waals surface area contributed by atoms with Crippen LogP contribution in [0.3, 0.4) is 0 Å². The van der Waals surface area contributed by atoms with E-state index >= 15 is 0 Å². The number of non-ortho nitro benzene ring substituents is 1. The van der Waals surface area contributed by atoms with Gasteiger partial charge in [-0.05, 0) is 53.3 Å².